The Labute approximate surface area is 125 Å². The van der Waals surface area contributed by atoms with Crippen LogP contribution in [0.5, 0.6) is 0 Å². The molecule has 1 fully saturated rings. The van der Waals surface area contributed by atoms with E-state index in [9.17, 15) is 14.2 Å². The minimum absolute atomic E-state index is 0.0917. The smallest absolute Gasteiger partial charge is 0.411 e. The zero-order valence-electron chi connectivity index (χ0n) is 12.8. The molecule has 1 aliphatic heterocycles. The summed E-state index contributed by atoms with van der Waals surface area (Å²) < 4.78 is 20.9. The van der Waals surface area contributed by atoms with Crippen LogP contribution in [-0.4, -0.2) is 52.8 Å². The molecule has 0 radical (unpaired) electrons. The van der Waals surface area contributed by atoms with Crippen molar-refractivity contribution in [3.8, 4) is 0 Å². The van der Waals surface area contributed by atoms with E-state index in [2.05, 4.69) is 0 Å². The molecular formula is C13H24NO6P. The van der Waals surface area contributed by atoms with Crippen molar-refractivity contribution in [2.24, 2.45) is 0 Å². The molecule has 1 heterocycles. The fourth-order valence-electron chi connectivity index (χ4n) is 2.04. The molecular weight excluding hydrogens is 297 g/mol. The molecule has 1 amide bonds. The first-order valence-corrected chi connectivity index (χ1v) is 8.65. The summed E-state index contributed by atoms with van der Waals surface area (Å²) in [4.78, 5) is 34.1. The molecule has 0 aromatic rings. The Bertz CT molecular complexity index is 406. The molecule has 0 aromatic heterocycles. The molecule has 8 heteroatoms. The second-order valence-corrected chi connectivity index (χ2v) is 7.28. The molecule has 7 nitrogen and oxygen atoms in total. The molecule has 0 saturated carbocycles. The highest BCUT2D eigenvalue weighted by Crippen LogP contribution is 2.22. The van der Waals surface area contributed by atoms with Crippen LogP contribution >= 0.6 is 8.03 Å². The maximum Gasteiger partial charge on any atom is 0.411 e. The summed E-state index contributed by atoms with van der Waals surface area (Å²) in [6, 6.07) is -0.619. The Morgan fingerprint density at radius 3 is 2.62 bits per heavy atom. The first-order chi connectivity index (χ1) is 9.70. The van der Waals surface area contributed by atoms with Gasteiger partial charge in [-0.3, -0.25) is 9.46 Å². The third kappa shape index (κ3) is 6.48. The molecule has 0 spiro atoms. The number of amides is 1. The number of hydrogen-bond acceptors (Lipinski definition) is 5. The quantitative estimate of drug-likeness (QED) is 0.471. The fraction of sp³-hybridized carbons (Fsp3) is 0.846. The van der Waals surface area contributed by atoms with Crippen LogP contribution in [0.15, 0.2) is 0 Å². The van der Waals surface area contributed by atoms with Crippen LogP contribution in [0.25, 0.3) is 0 Å². The van der Waals surface area contributed by atoms with Gasteiger partial charge in [0.2, 0.25) is 0 Å². The minimum atomic E-state index is -2.52. The lowest BCUT2D eigenvalue weighted by molar-refractivity contribution is -0.148. The third-order valence-electron chi connectivity index (χ3n) is 2.93. The van der Waals surface area contributed by atoms with Crippen molar-refractivity contribution in [1.29, 1.82) is 0 Å². The third-order valence-corrected chi connectivity index (χ3v) is 3.71. The van der Waals surface area contributed by atoms with E-state index in [0.717, 1.165) is 6.42 Å². The highest BCUT2D eigenvalue weighted by molar-refractivity contribution is 7.37. The van der Waals surface area contributed by atoms with Gasteiger partial charge in [0.15, 0.2) is 8.03 Å². The lowest BCUT2D eigenvalue weighted by Crippen LogP contribution is -2.44. The van der Waals surface area contributed by atoms with E-state index in [4.69, 9.17) is 14.4 Å². The second kappa shape index (κ2) is 7.80. The molecule has 1 unspecified atom stereocenters. The lowest BCUT2D eigenvalue weighted by atomic mass is 10.2. The van der Waals surface area contributed by atoms with E-state index in [-0.39, 0.29) is 12.8 Å². The van der Waals surface area contributed by atoms with Crippen LogP contribution in [0.2, 0.25) is 0 Å². The number of rotatable bonds is 5. The van der Waals surface area contributed by atoms with Crippen molar-refractivity contribution >= 4 is 20.1 Å². The van der Waals surface area contributed by atoms with Gasteiger partial charge in [-0.25, -0.2) is 9.59 Å². The molecule has 0 aromatic carbocycles. The number of hydrogen-bond donors (Lipinski definition) is 1. The summed E-state index contributed by atoms with van der Waals surface area (Å²) >= 11 is 0. The van der Waals surface area contributed by atoms with Gasteiger partial charge in [-0.05, 0) is 40.0 Å². The minimum Gasteiger partial charge on any atom is -0.464 e. The van der Waals surface area contributed by atoms with Crippen molar-refractivity contribution in [2.45, 2.75) is 51.7 Å². The number of nitrogens with zero attached hydrogens (tertiary/aromatic N) is 1. The monoisotopic (exact) mass is 321 g/mol. The van der Waals surface area contributed by atoms with Crippen molar-refractivity contribution in [1.82, 2.24) is 4.90 Å². The summed E-state index contributed by atoms with van der Waals surface area (Å²) in [5.41, 5.74) is -0.609. The van der Waals surface area contributed by atoms with E-state index < -0.39 is 31.7 Å². The van der Waals surface area contributed by atoms with E-state index >= 15 is 0 Å². The number of carbonyl (C=O) groups is 2. The van der Waals surface area contributed by atoms with Crippen LogP contribution in [-0.2, 0) is 18.8 Å². The number of likely N-dealkylation sites (tertiary alicyclic amines) is 1. The normalized spacial score (nSPS) is 20.2. The molecule has 21 heavy (non-hydrogen) atoms. The highest BCUT2D eigenvalue weighted by Gasteiger charge is 2.37. The molecule has 2 atom stereocenters. The molecule has 1 N–H and O–H groups in total. The van der Waals surface area contributed by atoms with E-state index in [1.54, 1.807) is 20.8 Å². The first-order valence-electron chi connectivity index (χ1n) is 7.09. The molecule has 0 aliphatic carbocycles. The fourth-order valence-corrected chi connectivity index (χ4v) is 2.49. The molecule has 1 aliphatic rings. The van der Waals surface area contributed by atoms with E-state index in [1.807, 2.05) is 0 Å². The van der Waals surface area contributed by atoms with Gasteiger partial charge in [0.05, 0.1) is 6.61 Å². The maximum atomic E-state index is 12.0. The second-order valence-electron chi connectivity index (χ2n) is 6.00. The van der Waals surface area contributed by atoms with Crippen LogP contribution < -0.4 is 0 Å². The standard InChI is InChI=1S/C13H24NO6P/c1-13(2,3)20-12(16)14-7-4-6-10(14)11(15)19-8-5-9-21(17)18/h10,21H,4-9H2,1-3H3,(H,17,18)/t10-/m0/s1. The Morgan fingerprint density at radius 2 is 2.05 bits per heavy atom. The van der Waals surface area contributed by atoms with Crippen LogP contribution in [0.1, 0.15) is 40.0 Å². The highest BCUT2D eigenvalue weighted by atomic mass is 31.1. The van der Waals surface area contributed by atoms with Crippen molar-refractivity contribution in [3.05, 3.63) is 0 Å². The largest absolute Gasteiger partial charge is 0.464 e. The number of carbonyl (C=O) groups excluding carboxylic acids is 2. The van der Waals surface area contributed by atoms with E-state index in [1.165, 1.54) is 4.90 Å². The van der Waals surface area contributed by atoms with Crippen molar-refractivity contribution < 1.29 is 28.5 Å². The zero-order valence-corrected chi connectivity index (χ0v) is 13.8. The van der Waals surface area contributed by atoms with Crippen molar-refractivity contribution in [3.63, 3.8) is 0 Å². The van der Waals surface area contributed by atoms with Crippen LogP contribution in [0, 0.1) is 0 Å². The topological polar surface area (TPSA) is 93.1 Å². The van der Waals surface area contributed by atoms with Gasteiger partial charge in [-0.1, -0.05) is 0 Å². The Hall–Kier alpha value is -1.07. The Balaban J connectivity index is 2.46. The average molecular weight is 321 g/mol. The summed E-state index contributed by atoms with van der Waals surface area (Å²) in [7, 11) is -2.52. The predicted molar refractivity (Wildman–Crippen MR) is 77.6 cm³/mol. The summed E-state index contributed by atoms with van der Waals surface area (Å²) in [5, 5.41) is 0. The first kappa shape index (κ1) is 18.0. The Morgan fingerprint density at radius 1 is 1.38 bits per heavy atom. The van der Waals surface area contributed by atoms with Gasteiger partial charge < -0.3 is 14.4 Å². The maximum absolute atomic E-state index is 12.0. The number of esters is 1. The Kier molecular flexibility index (Phi) is 6.68. The predicted octanol–water partition coefficient (Wildman–Crippen LogP) is 1.79. The lowest BCUT2D eigenvalue weighted by Gasteiger charge is -2.27. The molecule has 1 rings (SSSR count). The molecule has 0 bridgehead atoms. The average Bonchev–Trinajstić information content (AvgIpc) is 2.81. The van der Waals surface area contributed by atoms with Gasteiger partial charge in [0.25, 0.3) is 0 Å². The summed E-state index contributed by atoms with van der Waals surface area (Å²) in [5.74, 6) is -0.476. The molecule has 122 valence electrons. The molecule has 1 saturated heterocycles. The van der Waals surface area contributed by atoms with E-state index in [0.29, 0.717) is 19.4 Å². The number of ether oxygens (including phenoxy) is 2. The van der Waals surface area contributed by atoms with Gasteiger partial charge >= 0.3 is 12.1 Å². The summed E-state index contributed by atoms with van der Waals surface area (Å²) in [6.45, 7) is 5.87. The van der Waals surface area contributed by atoms with Gasteiger partial charge in [0.1, 0.15) is 11.6 Å². The van der Waals surface area contributed by atoms with Crippen molar-refractivity contribution in [2.75, 3.05) is 19.3 Å². The van der Waals surface area contributed by atoms with Gasteiger partial charge in [-0.2, -0.15) is 0 Å². The zero-order chi connectivity index (χ0) is 16.0. The van der Waals surface area contributed by atoms with Gasteiger partial charge in [-0.15, -0.1) is 0 Å². The van der Waals surface area contributed by atoms with Crippen LogP contribution in [0.3, 0.4) is 0 Å². The van der Waals surface area contributed by atoms with Crippen LogP contribution in [0.4, 0.5) is 4.79 Å². The SMILES string of the molecule is CC(C)(C)OC(=O)N1CCC[C@H]1C(=O)OCCC[PH](=O)O. The summed E-state index contributed by atoms with van der Waals surface area (Å²) in [6.07, 6.45) is 1.25. The van der Waals surface area contributed by atoms with Gasteiger partial charge in [0, 0.05) is 12.7 Å².